The number of rotatable bonds is 4. The summed E-state index contributed by atoms with van der Waals surface area (Å²) in [4.78, 5) is 0. The first kappa shape index (κ1) is 16.8. The molecule has 0 fully saturated rings. The molecule has 3 rings (SSSR count). The van der Waals surface area contributed by atoms with Crippen molar-refractivity contribution < 1.29 is 4.74 Å². The molecule has 0 saturated carbocycles. The van der Waals surface area contributed by atoms with Crippen LogP contribution < -0.4 is 4.74 Å². The minimum atomic E-state index is 0.0893. The largest absolute Gasteiger partial charge is 0.496 e. The number of ether oxygens (including phenoxy) is 1. The Balaban J connectivity index is 1.86. The Morgan fingerprint density at radius 3 is 2.54 bits per heavy atom. The lowest BCUT2D eigenvalue weighted by molar-refractivity contribution is 0.391. The SMILES string of the molecule is COc1c(CCC2C=Cc3ccccc32)cc(C)cc1C(C)(C)C. The summed E-state index contributed by atoms with van der Waals surface area (Å²) in [7, 11) is 1.80. The standard InChI is InChI=1S/C23H28O/c1-16-14-19(22(24-5)21(15-16)23(2,3)4)13-12-18-11-10-17-8-6-7-9-20(17)18/h6-11,14-15,18H,12-13H2,1-5H3. The van der Waals surface area contributed by atoms with Crippen LogP contribution in [0.25, 0.3) is 6.08 Å². The molecule has 0 saturated heterocycles. The molecule has 0 heterocycles. The number of fused-ring (bicyclic) bond motifs is 1. The van der Waals surface area contributed by atoms with Crippen molar-refractivity contribution in [3.05, 3.63) is 70.3 Å². The number of benzene rings is 2. The Labute approximate surface area is 146 Å². The monoisotopic (exact) mass is 320 g/mol. The highest BCUT2D eigenvalue weighted by Crippen LogP contribution is 2.38. The molecule has 2 aromatic carbocycles. The molecular formula is C23H28O. The van der Waals surface area contributed by atoms with Gasteiger partial charge in [-0.25, -0.2) is 0 Å². The van der Waals surface area contributed by atoms with Gasteiger partial charge >= 0.3 is 0 Å². The molecule has 0 amide bonds. The van der Waals surface area contributed by atoms with Crippen LogP contribution in [-0.2, 0) is 11.8 Å². The van der Waals surface area contributed by atoms with E-state index in [-0.39, 0.29) is 5.41 Å². The van der Waals surface area contributed by atoms with E-state index in [0.717, 1.165) is 18.6 Å². The maximum absolute atomic E-state index is 5.82. The third-order valence-electron chi connectivity index (χ3n) is 4.95. The maximum Gasteiger partial charge on any atom is 0.125 e. The van der Waals surface area contributed by atoms with Crippen LogP contribution in [-0.4, -0.2) is 7.11 Å². The molecule has 1 unspecified atom stereocenters. The normalized spacial score (nSPS) is 16.3. The van der Waals surface area contributed by atoms with Gasteiger partial charge in [0.2, 0.25) is 0 Å². The summed E-state index contributed by atoms with van der Waals surface area (Å²) < 4.78 is 5.82. The van der Waals surface area contributed by atoms with Gasteiger partial charge in [0.05, 0.1) is 7.11 Å². The maximum atomic E-state index is 5.82. The fourth-order valence-corrected chi connectivity index (χ4v) is 3.72. The molecule has 0 radical (unpaired) electrons. The van der Waals surface area contributed by atoms with Gasteiger partial charge in [-0.2, -0.15) is 0 Å². The summed E-state index contributed by atoms with van der Waals surface area (Å²) in [6.45, 7) is 8.95. The van der Waals surface area contributed by atoms with E-state index in [4.69, 9.17) is 4.74 Å². The smallest absolute Gasteiger partial charge is 0.125 e. The quantitative estimate of drug-likeness (QED) is 0.667. The highest BCUT2D eigenvalue weighted by molar-refractivity contribution is 5.62. The third-order valence-corrected chi connectivity index (χ3v) is 4.95. The first-order valence-corrected chi connectivity index (χ1v) is 8.85. The van der Waals surface area contributed by atoms with Gasteiger partial charge in [0, 0.05) is 11.5 Å². The van der Waals surface area contributed by atoms with Gasteiger partial charge in [0.25, 0.3) is 0 Å². The first-order chi connectivity index (χ1) is 11.4. The lowest BCUT2D eigenvalue weighted by atomic mass is 9.83. The zero-order valence-corrected chi connectivity index (χ0v) is 15.5. The first-order valence-electron chi connectivity index (χ1n) is 8.85. The van der Waals surface area contributed by atoms with Gasteiger partial charge in [-0.05, 0) is 41.9 Å². The second kappa shape index (κ2) is 6.47. The number of hydrogen-bond acceptors (Lipinski definition) is 1. The molecule has 1 nitrogen and oxygen atoms in total. The van der Waals surface area contributed by atoms with Crippen molar-refractivity contribution >= 4 is 6.08 Å². The highest BCUT2D eigenvalue weighted by Gasteiger charge is 2.23. The molecule has 1 aliphatic carbocycles. The van der Waals surface area contributed by atoms with Crippen LogP contribution in [0, 0.1) is 6.92 Å². The van der Waals surface area contributed by atoms with Crippen molar-refractivity contribution in [3.63, 3.8) is 0 Å². The molecule has 2 aromatic rings. The molecule has 24 heavy (non-hydrogen) atoms. The Morgan fingerprint density at radius 1 is 1.08 bits per heavy atom. The summed E-state index contributed by atoms with van der Waals surface area (Å²) in [5, 5.41) is 0. The van der Waals surface area contributed by atoms with Crippen LogP contribution in [0.2, 0.25) is 0 Å². The van der Waals surface area contributed by atoms with Crippen molar-refractivity contribution in [1.82, 2.24) is 0 Å². The van der Waals surface area contributed by atoms with Gasteiger partial charge in [-0.15, -0.1) is 0 Å². The zero-order valence-electron chi connectivity index (χ0n) is 15.5. The predicted molar refractivity (Wildman–Crippen MR) is 103 cm³/mol. The minimum absolute atomic E-state index is 0.0893. The highest BCUT2D eigenvalue weighted by atomic mass is 16.5. The molecule has 0 N–H and O–H groups in total. The molecule has 0 aromatic heterocycles. The summed E-state index contributed by atoms with van der Waals surface area (Å²) in [6, 6.07) is 13.3. The topological polar surface area (TPSA) is 9.23 Å². The second-order valence-electron chi connectivity index (χ2n) is 7.89. The van der Waals surface area contributed by atoms with E-state index in [0.29, 0.717) is 5.92 Å². The Bertz CT molecular complexity index is 762. The lowest BCUT2D eigenvalue weighted by Gasteiger charge is -2.25. The van der Waals surface area contributed by atoms with Gasteiger partial charge in [0.15, 0.2) is 0 Å². The molecule has 1 atom stereocenters. The van der Waals surface area contributed by atoms with Crippen LogP contribution >= 0.6 is 0 Å². The van der Waals surface area contributed by atoms with Crippen molar-refractivity contribution in [3.8, 4) is 5.75 Å². The average molecular weight is 320 g/mol. The van der Waals surface area contributed by atoms with Crippen molar-refractivity contribution in [2.24, 2.45) is 0 Å². The molecule has 0 bridgehead atoms. The Morgan fingerprint density at radius 2 is 1.83 bits per heavy atom. The van der Waals surface area contributed by atoms with E-state index in [1.165, 1.54) is 27.8 Å². The van der Waals surface area contributed by atoms with E-state index in [2.05, 4.69) is 76.2 Å². The van der Waals surface area contributed by atoms with Gasteiger partial charge < -0.3 is 4.74 Å². The molecule has 0 spiro atoms. The van der Waals surface area contributed by atoms with E-state index < -0.39 is 0 Å². The van der Waals surface area contributed by atoms with Gasteiger partial charge in [-0.1, -0.05) is 74.9 Å². The Hall–Kier alpha value is -2.02. The number of allylic oxidation sites excluding steroid dienone is 1. The predicted octanol–water partition coefficient (Wildman–Crippen LogP) is 6.04. The average Bonchev–Trinajstić information content (AvgIpc) is 2.94. The van der Waals surface area contributed by atoms with Crippen molar-refractivity contribution in [1.29, 1.82) is 0 Å². The molecule has 0 aliphatic heterocycles. The van der Waals surface area contributed by atoms with Crippen LogP contribution in [0.4, 0.5) is 0 Å². The summed E-state index contributed by atoms with van der Waals surface area (Å²) >= 11 is 0. The van der Waals surface area contributed by atoms with E-state index in [1.54, 1.807) is 7.11 Å². The van der Waals surface area contributed by atoms with E-state index >= 15 is 0 Å². The zero-order chi connectivity index (χ0) is 17.3. The third kappa shape index (κ3) is 3.26. The fraction of sp³-hybridized carbons (Fsp3) is 0.391. The van der Waals surface area contributed by atoms with Crippen LogP contribution in [0.5, 0.6) is 5.75 Å². The van der Waals surface area contributed by atoms with Crippen LogP contribution in [0.3, 0.4) is 0 Å². The number of methoxy groups -OCH3 is 1. The summed E-state index contributed by atoms with van der Waals surface area (Å²) in [6.07, 6.45) is 6.76. The Kier molecular flexibility index (Phi) is 4.54. The molecular weight excluding hydrogens is 292 g/mol. The lowest BCUT2D eigenvalue weighted by Crippen LogP contribution is -2.14. The molecule has 1 heteroatoms. The van der Waals surface area contributed by atoms with E-state index in [9.17, 15) is 0 Å². The van der Waals surface area contributed by atoms with Gasteiger partial charge in [-0.3, -0.25) is 0 Å². The molecule has 126 valence electrons. The van der Waals surface area contributed by atoms with E-state index in [1.807, 2.05) is 0 Å². The van der Waals surface area contributed by atoms with Crippen molar-refractivity contribution in [2.75, 3.05) is 7.11 Å². The van der Waals surface area contributed by atoms with Gasteiger partial charge in [0.1, 0.15) is 5.75 Å². The van der Waals surface area contributed by atoms with Crippen LogP contribution in [0.15, 0.2) is 42.5 Å². The van der Waals surface area contributed by atoms with Crippen LogP contribution in [0.1, 0.15) is 60.9 Å². The fourth-order valence-electron chi connectivity index (χ4n) is 3.72. The summed E-state index contributed by atoms with van der Waals surface area (Å²) in [5.41, 5.74) is 6.88. The number of hydrogen-bond donors (Lipinski definition) is 0. The minimum Gasteiger partial charge on any atom is -0.496 e. The van der Waals surface area contributed by atoms with Crippen molar-refractivity contribution in [2.45, 2.75) is 51.9 Å². The number of aryl methyl sites for hydroxylation is 2. The second-order valence-corrected chi connectivity index (χ2v) is 7.89. The summed E-state index contributed by atoms with van der Waals surface area (Å²) in [5.74, 6) is 1.59. The molecule has 1 aliphatic rings.